The predicted octanol–water partition coefficient (Wildman–Crippen LogP) is 3.84. The molecule has 0 spiro atoms. The number of ether oxygens (including phenoxy) is 6. The van der Waals surface area contributed by atoms with Crippen LogP contribution in [0.15, 0.2) is 23.3 Å². The summed E-state index contributed by atoms with van der Waals surface area (Å²) in [6.45, 7) is 13.3. The molecule has 66 heavy (non-hydrogen) atoms. The average Bonchev–Trinajstić information content (AvgIpc) is 3.31. The Morgan fingerprint density at radius 1 is 0.864 bits per heavy atom. The van der Waals surface area contributed by atoms with Crippen molar-refractivity contribution in [1.29, 1.82) is 0 Å². The summed E-state index contributed by atoms with van der Waals surface area (Å²) < 4.78 is 36.1. The highest BCUT2D eigenvalue weighted by Crippen LogP contribution is 2.39. The molecule has 0 aromatic rings. The Morgan fingerprint density at radius 3 is 2.15 bits per heavy atom. The molecule has 0 radical (unpaired) electrons. The summed E-state index contributed by atoms with van der Waals surface area (Å²) in [6, 6.07) is -1.19. The van der Waals surface area contributed by atoms with E-state index in [0.717, 1.165) is 18.0 Å². The highest BCUT2D eigenvalue weighted by atomic mass is 16.7. The zero-order chi connectivity index (χ0) is 48.6. The van der Waals surface area contributed by atoms with Crippen molar-refractivity contribution < 1.29 is 67.7 Å². The van der Waals surface area contributed by atoms with E-state index in [9.17, 15) is 39.3 Å². The first-order valence-corrected chi connectivity index (χ1v) is 24.2. The van der Waals surface area contributed by atoms with Crippen LogP contribution in [0.25, 0.3) is 0 Å². The van der Waals surface area contributed by atoms with Gasteiger partial charge < -0.3 is 58.4 Å². The Morgan fingerprint density at radius 2 is 1.52 bits per heavy atom. The van der Waals surface area contributed by atoms with E-state index in [1.54, 1.807) is 45.8 Å². The van der Waals surface area contributed by atoms with Crippen LogP contribution in [0.3, 0.4) is 0 Å². The van der Waals surface area contributed by atoms with Crippen LogP contribution in [0.2, 0.25) is 0 Å². The Labute approximate surface area is 391 Å². The minimum absolute atomic E-state index is 0.0482. The molecule has 4 aliphatic heterocycles. The number of esters is 1. The van der Waals surface area contributed by atoms with E-state index in [2.05, 4.69) is 4.90 Å². The van der Waals surface area contributed by atoms with Crippen molar-refractivity contribution in [3.63, 3.8) is 0 Å². The van der Waals surface area contributed by atoms with Crippen LogP contribution in [-0.2, 0) is 47.6 Å². The number of likely N-dealkylation sites (N-methyl/N-ethyl adjacent to an activating group) is 1. The number of piperazine rings is 1. The molecule has 3 saturated heterocycles. The Bertz CT molecular complexity index is 1750. The number of aliphatic hydroxyl groups excluding tert-OH is 2. The molecule has 1 aliphatic carbocycles. The molecule has 5 aliphatic rings. The van der Waals surface area contributed by atoms with Crippen molar-refractivity contribution in [3.05, 3.63) is 23.3 Å². The van der Waals surface area contributed by atoms with Gasteiger partial charge in [0.15, 0.2) is 5.78 Å². The largest absolute Gasteiger partial charge is 0.456 e. The van der Waals surface area contributed by atoms with E-state index in [-0.39, 0.29) is 50.0 Å². The second-order valence-corrected chi connectivity index (χ2v) is 19.8. The maximum Gasteiger partial charge on any atom is 0.410 e. The van der Waals surface area contributed by atoms with E-state index < -0.39 is 102 Å². The summed E-state index contributed by atoms with van der Waals surface area (Å²) in [6.07, 6.45) is 0.101. The first-order valence-electron chi connectivity index (χ1n) is 24.2. The molecule has 17 nitrogen and oxygen atoms in total. The fourth-order valence-electron chi connectivity index (χ4n) is 10.6. The molecule has 3 N–H and O–H groups in total. The minimum Gasteiger partial charge on any atom is -0.456 e. The molecule has 1 saturated carbocycles. The summed E-state index contributed by atoms with van der Waals surface area (Å²) >= 11 is 0. The summed E-state index contributed by atoms with van der Waals surface area (Å²) in [5.74, 6) is -8.71. The predicted molar refractivity (Wildman–Crippen MR) is 243 cm³/mol. The SMILES string of the molecule is CC/C1=C\C(C)C(O)C(C)CC(OC)C2OC(O)(C(=O)C(=O)N3CCCCC3C(=O)OC(C(C)=CC3CCC(OC(=O)N4CCN(C)CC4)C(OC)C3)C(C)C(O)CC1=O)C(C)CC2OC. The Kier molecular flexibility index (Phi) is 19.4. The highest BCUT2D eigenvalue weighted by molar-refractivity contribution is 6.39. The lowest BCUT2D eigenvalue weighted by Crippen LogP contribution is -2.64. The number of rotatable bonds is 7. The van der Waals surface area contributed by atoms with Crippen LogP contribution in [0, 0.1) is 29.6 Å². The lowest BCUT2D eigenvalue weighted by Gasteiger charge is -2.47. The normalized spacial score (nSPS) is 39.8. The minimum atomic E-state index is -2.59. The highest BCUT2D eigenvalue weighted by Gasteiger charge is 2.57. The van der Waals surface area contributed by atoms with Gasteiger partial charge in [0.1, 0.15) is 24.4 Å². The van der Waals surface area contributed by atoms with Crippen LogP contribution in [0.1, 0.15) is 106 Å². The fraction of sp³-hybridized carbons (Fsp3) is 0.816. The molecular weight excluding hydrogens is 855 g/mol. The molecule has 2 bridgehead atoms. The number of amides is 2. The van der Waals surface area contributed by atoms with Gasteiger partial charge in [0.2, 0.25) is 5.79 Å². The lowest BCUT2D eigenvalue weighted by molar-refractivity contribution is -0.303. The number of piperidine rings is 1. The third kappa shape index (κ3) is 12.5. The van der Waals surface area contributed by atoms with E-state index in [1.165, 1.54) is 14.2 Å². The number of cyclic esters (lactones) is 1. The summed E-state index contributed by atoms with van der Waals surface area (Å²) in [4.78, 5) is 75.3. The second kappa shape index (κ2) is 23.8. The van der Waals surface area contributed by atoms with Gasteiger partial charge in [0.05, 0.1) is 30.5 Å². The van der Waals surface area contributed by atoms with E-state index in [1.807, 2.05) is 27.0 Å². The number of Topliss-reactive ketones (excluding diaryl/α,β-unsaturated/α-hetero) is 2. The van der Waals surface area contributed by atoms with Gasteiger partial charge in [-0.3, -0.25) is 14.4 Å². The first-order chi connectivity index (χ1) is 31.3. The third-order valence-electron chi connectivity index (χ3n) is 15.1. The van der Waals surface area contributed by atoms with Crippen LogP contribution >= 0.6 is 0 Å². The summed E-state index contributed by atoms with van der Waals surface area (Å²) in [5, 5.41) is 35.5. The number of fused-ring (bicyclic) bond motifs is 3. The standard InChI is InChI=1S/C49H79N3O14/c1-11-34-23-28(2)42(55)29(3)24-40(62-9)44-41(63-10)25-31(5)49(60,66-44)45(56)46(57)52-17-13-12-14-35(52)47(58)65-43(32(6)36(53)27-37(34)54)30(4)22-33-15-16-38(39(26-33)61-8)64-48(59)51-20-18-50(7)19-21-51/h22-23,28-29,31-33,35-36,38-44,53,55,60H,11-21,24-27H2,1-10H3/b30-22?,34-23+. The van der Waals surface area contributed by atoms with Crippen molar-refractivity contribution in [3.8, 4) is 0 Å². The molecule has 2 amide bonds. The molecule has 15 atom stereocenters. The van der Waals surface area contributed by atoms with Crippen molar-refractivity contribution >= 4 is 29.5 Å². The van der Waals surface area contributed by atoms with Gasteiger partial charge >= 0.3 is 12.1 Å². The van der Waals surface area contributed by atoms with E-state index in [4.69, 9.17) is 28.4 Å². The molecule has 374 valence electrons. The molecule has 5 rings (SSSR count). The van der Waals surface area contributed by atoms with Crippen molar-refractivity contribution in [1.82, 2.24) is 14.7 Å². The van der Waals surface area contributed by atoms with Gasteiger partial charge in [-0.15, -0.1) is 0 Å². The van der Waals surface area contributed by atoms with E-state index in [0.29, 0.717) is 62.8 Å². The molecule has 0 aromatic heterocycles. The zero-order valence-corrected chi connectivity index (χ0v) is 41.0. The molecule has 0 aromatic carbocycles. The number of allylic oxidation sites excluding steroid dienone is 2. The van der Waals surface area contributed by atoms with Gasteiger partial charge in [-0.05, 0) is 94.7 Å². The Balaban J connectivity index is 1.47. The first kappa shape index (κ1) is 53.7. The number of carbonyl (C=O) groups excluding carboxylic acids is 5. The number of ketones is 2. The monoisotopic (exact) mass is 934 g/mol. The van der Waals surface area contributed by atoms with Crippen molar-refractivity contribution in [2.75, 3.05) is 61.1 Å². The lowest BCUT2D eigenvalue weighted by atomic mass is 9.81. The van der Waals surface area contributed by atoms with Crippen LogP contribution in [-0.4, -0.2) is 181 Å². The number of aliphatic hydroxyl groups is 3. The number of nitrogens with zero attached hydrogens (tertiary/aromatic N) is 3. The molecular formula is C49H79N3O14. The smallest absolute Gasteiger partial charge is 0.410 e. The summed E-state index contributed by atoms with van der Waals surface area (Å²) in [5.41, 5.74) is 1.05. The van der Waals surface area contributed by atoms with Gasteiger partial charge in [-0.1, -0.05) is 46.8 Å². The van der Waals surface area contributed by atoms with Crippen molar-refractivity contribution in [2.45, 2.75) is 166 Å². The van der Waals surface area contributed by atoms with Gasteiger partial charge in [0, 0.05) is 78.2 Å². The quantitative estimate of drug-likeness (QED) is 0.188. The van der Waals surface area contributed by atoms with Crippen LogP contribution < -0.4 is 0 Å². The fourth-order valence-corrected chi connectivity index (χ4v) is 10.6. The number of hydrogen-bond acceptors (Lipinski definition) is 15. The second-order valence-electron chi connectivity index (χ2n) is 19.8. The molecule has 4 heterocycles. The number of carbonyl (C=O) groups is 5. The van der Waals surface area contributed by atoms with Gasteiger partial charge in [-0.25, -0.2) is 9.59 Å². The average molecular weight is 934 g/mol. The van der Waals surface area contributed by atoms with Gasteiger partial charge in [0.25, 0.3) is 11.7 Å². The zero-order valence-electron chi connectivity index (χ0n) is 41.0. The summed E-state index contributed by atoms with van der Waals surface area (Å²) in [7, 11) is 6.55. The topological polar surface area (TPSA) is 211 Å². The third-order valence-corrected chi connectivity index (χ3v) is 15.1. The Hall–Kier alpha value is -3.29. The number of methoxy groups -OCH3 is 3. The van der Waals surface area contributed by atoms with Crippen LogP contribution in [0.4, 0.5) is 4.79 Å². The molecule has 17 heteroatoms. The molecule has 15 unspecified atom stereocenters. The van der Waals surface area contributed by atoms with E-state index >= 15 is 0 Å². The van der Waals surface area contributed by atoms with Crippen molar-refractivity contribution in [2.24, 2.45) is 29.6 Å². The van der Waals surface area contributed by atoms with Crippen LogP contribution in [0.5, 0.6) is 0 Å². The maximum absolute atomic E-state index is 14.5. The molecule has 4 fully saturated rings. The maximum atomic E-state index is 14.5. The van der Waals surface area contributed by atoms with Gasteiger partial charge in [-0.2, -0.15) is 0 Å². The number of hydrogen-bond donors (Lipinski definition) is 3.